The Labute approximate surface area is 113 Å². The molecule has 1 aromatic rings. The minimum absolute atomic E-state index is 0.457. The summed E-state index contributed by atoms with van der Waals surface area (Å²) in [6.07, 6.45) is 4.27. The van der Waals surface area contributed by atoms with Crippen LogP contribution in [0.15, 0.2) is 12.3 Å². The van der Waals surface area contributed by atoms with E-state index in [2.05, 4.69) is 23.7 Å². The molecule has 0 bridgehead atoms. The lowest BCUT2D eigenvalue weighted by Gasteiger charge is -2.36. The zero-order valence-electron chi connectivity index (χ0n) is 10.3. The second kappa shape index (κ2) is 5.13. The molecule has 0 radical (unpaired) electrons. The van der Waals surface area contributed by atoms with Gasteiger partial charge in [-0.05, 0) is 37.4 Å². The van der Waals surface area contributed by atoms with E-state index >= 15 is 0 Å². The molecule has 0 N–H and O–H groups in total. The smallest absolute Gasteiger partial charge is 0.130 e. The maximum Gasteiger partial charge on any atom is 0.130 e. The third-order valence-corrected chi connectivity index (χ3v) is 4.06. The fraction of sp³-hybridized carbons (Fsp3) is 0.615. The monoisotopic (exact) mass is 272 g/mol. The molecule has 0 saturated carbocycles. The molecule has 1 saturated heterocycles. The Hall–Kier alpha value is -0.310. The molecular weight excluding hydrogens is 255 g/mol. The average molecular weight is 273 g/mol. The molecule has 0 atom stereocenters. The van der Waals surface area contributed by atoms with E-state index in [1.54, 1.807) is 12.3 Å². The third-order valence-electron chi connectivity index (χ3n) is 3.50. The number of aromatic nitrogens is 1. The number of nitrogens with zero attached hydrogens (tertiary/aromatic N) is 2. The largest absolute Gasteiger partial charge is 0.299 e. The van der Waals surface area contributed by atoms with E-state index in [-0.39, 0.29) is 0 Å². The van der Waals surface area contributed by atoms with Gasteiger partial charge in [0, 0.05) is 23.3 Å². The highest BCUT2D eigenvalue weighted by Gasteiger charge is 2.25. The van der Waals surface area contributed by atoms with Gasteiger partial charge in [-0.2, -0.15) is 0 Å². The molecule has 0 amide bonds. The second-order valence-corrected chi connectivity index (χ2v) is 6.33. The van der Waals surface area contributed by atoms with Gasteiger partial charge in [0.05, 0.1) is 0 Å². The highest BCUT2D eigenvalue weighted by Crippen LogP contribution is 2.31. The van der Waals surface area contributed by atoms with Gasteiger partial charge in [0.15, 0.2) is 0 Å². The summed E-state index contributed by atoms with van der Waals surface area (Å²) < 4.78 is 0. The summed E-state index contributed by atoms with van der Waals surface area (Å²) in [6, 6.07) is 1.71. The molecule has 1 aromatic heterocycles. The molecule has 17 heavy (non-hydrogen) atoms. The highest BCUT2D eigenvalue weighted by molar-refractivity contribution is 6.34. The molecule has 0 aromatic carbocycles. The summed E-state index contributed by atoms with van der Waals surface area (Å²) in [7, 11) is 0. The van der Waals surface area contributed by atoms with Crippen molar-refractivity contribution < 1.29 is 0 Å². The molecule has 0 aliphatic carbocycles. The fourth-order valence-corrected chi connectivity index (χ4v) is 2.54. The van der Waals surface area contributed by atoms with Crippen LogP contribution < -0.4 is 0 Å². The zero-order chi connectivity index (χ0) is 12.5. The number of rotatable bonds is 2. The van der Waals surface area contributed by atoms with Crippen LogP contribution in [0.25, 0.3) is 0 Å². The number of piperidine rings is 1. The van der Waals surface area contributed by atoms with E-state index in [0.29, 0.717) is 10.6 Å². The van der Waals surface area contributed by atoms with Gasteiger partial charge in [-0.25, -0.2) is 4.98 Å². The normalized spacial score (nSPS) is 20.5. The first kappa shape index (κ1) is 13.1. The summed E-state index contributed by atoms with van der Waals surface area (Å²) in [5, 5.41) is 1.17. The average Bonchev–Trinajstić information content (AvgIpc) is 2.25. The predicted molar refractivity (Wildman–Crippen MR) is 72.5 cm³/mol. The fourth-order valence-electron chi connectivity index (χ4n) is 2.11. The quantitative estimate of drug-likeness (QED) is 0.757. The van der Waals surface area contributed by atoms with Gasteiger partial charge in [0.2, 0.25) is 0 Å². The number of hydrogen-bond acceptors (Lipinski definition) is 2. The minimum atomic E-state index is 0.457. The lowest BCUT2D eigenvalue weighted by molar-refractivity contribution is 0.127. The van der Waals surface area contributed by atoms with Gasteiger partial charge in [-0.1, -0.05) is 37.0 Å². The van der Waals surface area contributed by atoms with Gasteiger partial charge in [-0.3, -0.25) is 4.90 Å². The number of pyridine rings is 1. The zero-order valence-corrected chi connectivity index (χ0v) is 11.9. The van der Waals surface area contributed by atoms with Crippen LogP contribution in [0.2, 0.25) is 10.2 Å². The summed E-state index contributed by atoms with van der Waals surface area (Å²) in [5.41, 5.74) is 1.55. The predicted octanol–water partition coefficient (Wildman–Crippen LogP) is 4.01. The van der Waals surface area contributed by atoms with Gasteiger partial charge in [0.1, 0.15) is 5.15 Å². The first-order chi connectivity index (χ1) is 7.96. The van der Waals surface area contributed by atoms with E-state index < -0.39 is 0 Å². The van der Waals surface area contributed by atoms with Crippen molar-refractivity contribution in [1.29, 1.82) is 0 Å². The summed E-state index contributed by atoms with van der Waals surface area (Å²) in [5.74, 6) is 0. The molecule has 94 valence electrons. The molecule has 2 rings (SSSR count). The van der Waals surface area contributed by atoms with Crippen molar-refractivity contribution in [1.82, 2.24) is 9.88 Å². The standard InChI is InChI=1S/C13H18Cl2N2/c1-13(2)3-5-17(6-4-13)9-10-8-16-12(15)7-11(10)14/h7-8H,3-6,9H2,1-2H3. The molecule has 2 nitrogen and oxygen atoms in total. The molecule has 4 heteroatoms. The Morgan fingerprint density at radius 3 is 2.53 bits per heavy atom. The van der Waals surface area contributed by atoms with Crippen LogP contribution in [-0.4, -0.2) is 23.0 Å². The van der Waals surface area contributed by atoms with Crippen LogP contribution >= 0.6 is 23.2 Å². The Morgan fingerprint density at radius 2 is 1.94 bits per heavy atom. The third kappa shape index (κ3) is 3.57. The minimum Gasteiger partial charge on any atom is -0.299 e. The number of halogens is 2. The Balaban J connectivity index is 1.98. The van der Waals surface area contributed by atoms with Crippen molar-refractivity contribution in [3.8, 4) is 0 Å². The van der Waals surface area contributed by atoms with Crippen LogP contribution in [0.3, 0.4) is 0 Å². The van der Waals surface area contributed by atoms with Gasteiger partial charge in [-0.15, -0.1) is 0 Å². The van der Waals surface area contributed by atoms with Crippen molar-refractivity contribution in [3.05, 3.63) is 28.0 Å². The maximum absolute atomic E-state index is 6.15. The first-order valence-corrected chi connectivity index (χ1v) is 6.74. The molecule has 1 fully saturated rings. The Bertz CT molecular complexity index is 394. The van der Waals surface area contributed by atoms with E-state index in [1.165, 1.54) is 12.8 Å². The van der Waals surface area contributed by atoms with Gasteiger partial charge >= 0.3 is 0 Å². The summed E-state index contributed by atoms with van der Waals surface area (Å²) in [6.45, 7) is 7.80. The molecule has 1 aliphatic rings. The van der Waals surface area contributed by atoms with Crippen molar-refractivity contribution in [3.63, 3.8) is 0 Å². The van der Waals surface area contributed by atoms with E-state index in [0.717, 1.165) is 30.2 Å². The first-order valence-electron chi connectivity index (χ1n) is 5.99. The van der Waals surface area contributed by atoms with Crippen molar-refractivity contribution in [2.45, 2.75) is 33.2 Å². The molecule has 1 aliphatic heterocycles. The number of hydrogen-bond donors (Lipinski definition) is 0. The van der Waals surface area contributed by atoms with Gasteiger partial charge < -0.3 is 0 Å². The molecule has 0 spiro atoms. The van der Waals surface area contributed by atoms with Crippen molar-refractivity contribution >= 4 is 23.2 Å². The topological polar surface area (TPSA) is 16.1 Å². The van der Waals surface area contributed by atoms with Crippen LogP contribution in [0, 0.1) is 5.41 Å². The SMILES string of the molecule is CC1(C)CCN(Cc2cnc(Cl)cc2Cl)CC1. The molecular formula is C13H18Cl2N2. The highest BCUT2D eigenvalue weighted by atomic mass is 35.5. The summed E-state index contributed by atoms with van der Waals surface area (Å²) >= 11 is 11.9. The van der Waals surface area contributed by atoms with E-state index in [1.807, 2.05) is 0 Å². The van der Waals surface area contributed by atoms with E-state index in [9.17, 15) is 0 Å². The van der Waals surface area contributed by atoms with Crippen LogP contribution in [0.1, 0.15) is 32.3 Å². The second-order valence-electron chi connectivity index (χ2n) is 5.54. The number of likely N-dealkylation sites (tertiary alicyclic amines) is 1. The lowest BCUT2D eigenvalue weighted by atomic mass is 9.82. The van der Waals surface area contributed by atoms with E-state index in [4.69, 9.17) is 23.2 Å². The van der Waals surface area contributed by atoms with Crippen molar-refractivity contribution in [2.75, 3.05) is 13.1 Å². The van der Waals surface area contributed by atoms with Crippen LogP contribution in [-0.2, 0) is 6.54 Å². The van der Waals surface area contributed by atoms with Crippen LogP contribution in [0.4, 0.5) is 0 Å². The summed E-state index contributed by atoms with van der Waals surface area (Å²) in [4.78, 5) is 6.52. The van der Waals surface area contributed by atoms with Crippen molar-refractivity contribution in [2.24, 2.45) is 5.41 Å². The van der Waals surface area contributed by atoms with Crippen LogP contribution in [0.5, 0.6) is 0 Å². The lowest BCUT2D eigenvalue weighted by Crippen LogP contribution is -2.36. The molecule has 0 unspecified atom stereocenters. The Kier molecular flexibility index (Phi) is 3.96. The Morgan fingerprint density at radius 1 is 1.29 bits per heavy atom. The maximum atomic E-state index is 6.15. The van der Waals surface area contributed by atoms with Gasteiger partial charge in [0.25, 0.3) is 0 Å². The molecule has 2 heterocycles.